The summed E-state index contributed by atoms with van der Waals surface area (Å²) in [6.07, 6.45) is -2.45. The molecule has 0 unspecified atom stereocenters. The van der Waals surface area contributed by atoms with Gasteiger partial charge in [-0.25, -0.2) is 4.98 Å². The van der Waals surface area contributed by atoms with Crippen LogP contribution in [0.15, 0.2) is 23.3 Å². The Labute approximate surface area is 166 Å². The van der Waals surface area contributed by atoms with Crippen molar-refractivity contribution in [1.82, 2.24) is 19.7 Å². The van der Waals surface area contributed by atoms with Gasteiger partial charge in [-0.2, -0.15) is 13.2 Å². The average Bonchev–Trinajstić information content (AvgIpc) is 3.46. The number of aromatic nitrogens is 4. The minimum absolute atomic E-state index is 0.0828. The van der Waals surface area contributed by atoms with Crippen molar-refractivity contribution in [3.8, 4) is 5.88 Å². The summed E-state index contributed by atoms with van der Waals surface area (Å²) in [5.74, 6) is 0.618. The summed E-state index contributed by atoms with van der Waals surface area (Å²) in [6, 6.07) is 2.98. The standard InChI is InChI=1S/C19H22F3N5O2/c1-11(28-4)18-26-25-12(2)27(18)10-15(23-3)14-7-8-16(24-9-14)29-17(13-5-6-13)19(20,21)22/h7-11,13,17H,3,5-6H2,1-2,4H3/b15-10-/t11-,17-/m0/s1. The van der Waals surface area contributed by atoms with Gasteiger partial charge in [-0.3, -0.25) is 9.56 Å². The van der Waals surface area contributed by atoms with E-state index in [2.05, 4.69) is 26.9 Å². The molecule has 2 aromatic heterocycles. The van der Waals surface area contributed by atoms with Gasteiger partial charge in [-0.1, -0.05) is 0 Å². The summed E-state index contributed by atoms with van der Waals surface area (Å²) >= 11 is 0. The largest absolute Gasteiger partial charge is 0.464 e. The van der Waals surface area contributed by atoms with E-state index in [1.807, 2.05) is 6.92 Å². The van der Waals surface area contributed by atoms with Gasteiger partial charge in [-0.05, 0) is 39.5 Å². The van der Waals surface area contributed by atoms with Crippen LogP contribution in [0.3, 0.4) is 0 Å². The summed E-state index contributed by atoms with van der Waals surface area (Å²) in [4.78, 5) is 8.02. The minimum Gasteiger partial charge on any atom is -0.464 e. The Hall–Kier alpha value is -2.75. The highest BCUT2D eigenvalue weighted by Crippen LogP contribution is 2.42. The van der Waals surface area contributed by atoms with Crippen LogP contribution in [0.2, 0.25) is 0 Å². The third-order valence-electron chi connectivity index (χ3n) is 4.68. The average molecular weight is 409 g/mol. The summed E-state index contributed by atoms with van der Waals surface area (Å²) in [6.45, 7) is 7.18. The second-order valence-corrected chi connectivity index (χ2v) is 6.83. The molecule has 0 radical (unpaired) electrons. The fourth-order valence-corrected chi connectivity index (χ4v) is 2.82. The molecule has 29 heavy (non-hydrogen) atoms. The number of rotatable bonds is 8. The van der Waals surface area contributed by atoms with E-state index >= 15 is 0 Å². The zero-order chi connectivity index (χ0) is 21.2. The molecule has 1 fully saturated rings. The molecule has 2 aromatic rings. The number of alkyl halides is 3. The van der Waals surface area contributed by atoms with Gasteiger partial charge in [-0.15, -0.1) is 10.2 Å². The normalized spacial score (nSPS) is 17.1. The smallest absolute Gasteiger partial charge is 0.425 e. The van der Waals surface area contributed by atoms with E-state index in [1.54, 1.807) is 30.9 Å². The van der Waals surface area contributed by atoms with Gasteiger partial charge in [0.25, 0.3) is 0 Å². The summed E-state index contributed by atoms with van der Waals surface area (Å²) in [5.41, 5.74) is 1.01. The predicted molar refractivity (Wildman–Crippen MR) is 101 cm³/mol. The van der Waals surface area contributed by atoms with Crippen molar-refractivity contribution < 1.29 is 22.6 Å². The first-order valence-corrected chi connectivity index (χ1v) is 9.07. The summed E-state index contributed by atoms with van der Waals surface area (Å²) < 4.78 is 51.5. The van der Waals surface area contributed by atoms with Crippen molar-refractivity contribution in [3.05, 3.63) is 35.5 Å². The van der Waals surface area contributed by atoms with Crippen LogP contribution in [0.1, 0.15) is 43.1 Å². The molecule has 3 rings (SSSR count). The first kappa shape index (κ1) is 21.0. The maximum atomic E-state index is 13.1. The van der Waals surface area contributed by atoms with E-state index in [0.29, 0.717) is 35.8 Å². The van der Waals surface area contributed by atoms with Gasteiger partial charge in [0.15, 0.2) is 11.9 Å². The van der Waals surface area contributed by atoms with Gasteiger partial charge in [0.2, 0.25) is 5.88 Å². The summed E-state index contributed by atoms with van der Waals surface area (Å²) in [5, 5.41) is 8.14. The van der Waals surface area contributed by atoms with Crippen LogP contribution in [-0.4, -0.2) is 45.9 Å². The topological polar surface area (TPSA) is 74.4 Å². The minimum atomic E-state index is -4.42. The number of aliphatic imine (C=N–C) groups is 1. The SMILES string of the molecule is C=N/C(=C\n1c(C)nnc1[C@H](C)OC)c1ccc(O[C@@H](C2CC2)C(F)(F)F)nc1. The molecule has 0 bridgehead atoms. The fourth-order valence-electron chi connectivity index (χ4n) is 2.82. The molecular weight excluding hydrogens is 387 g/mol. The van der Waals surface area contributed by atoms with Crippen LogP contribution in [0.5, 0.6) is 5.88 Å². The van der Waals surface area contributed by atoms with Gasteiger partial charge in [0.1, 0.15) is 11.9 Å². The first-order chi connectivity index (χ1) is 13.7. The maximum Gasteiger partial charge on any atom is 0.425 e. The highest BCUT2D eigenvalue weighted by Gasteiger charge is 2.51. The van der Waals surface area contributed by atoms with Crippen LogP contribution in [-0.2, 0) is 4.74 Å². The Kier molecular flexibility index (Phi) is 6.02. The molecule has 1 aliphatic carbocycles. The number of methoxy groups -OCH3 is 1. The molecule has 0 amide bonds. The molecule has 10 heteroatoms. The predicted octanol–water partition coefficient (Wildman–Crippen LogP) is 4.06. The molecule has 0 aromatic carbocycles. The quantitative estimate of drug-likeness (QED) is 0.615. The molecule has 1 aliphatic rings. The van der Waals surface area contributed by atoms with Crippen LogP contribution in [0.25, 0.3) is 11.9 Å². The molecule has 0 spiro atoms. The molecule has 2 heterocycles. The van der Waals surface area contributed by atoms with Gasteiger partial charge in [0.05, 0.1) is 5.70 Å². The van der Waals surface area contributed by atoms with Crippen molar-refractivity contribution in [1.29, 1.82) is 0 Å². The Morgan fingerprint density at radius 3 is 2.59 bits per heavy atom. The molecule has 0 aliphatic heterocycles. The number of halogens is 3. The Bertz CT molecular complexity index is 888. The fraction of sp³-hybridized carbons (Fsp3) is 0.474. The van der Waals surface area contributed by atoms with Gasteiger partial charge < -0.3 is 9.47 Å². The van der Waals surface area contributed by atoms with E-state index in [-0.39, 0.29) is 12.0 Å². The highest BCUT2D eigenvalue weighted by molar-refractivity contribution is 5.76. The van der Waals surface area contributed by atoms with E-state index in [0.717, 1.165) is 0 Å². The lowest BCUT2D eigenvalue weighted by atomic mass is 10.2. The first-order valence-electron chi connectivity index (χ1n) is 9.07. The molecule has 2 atom stereocenters. The lowest BCUT2D eigenvalue weighted by Gasteiger charge is -2.20. The highest BCUT2D eigenvalue weighted by atomic mass is 19.4. The van der Waals surface area contributed by atoms with E-state index in [9.17, 15) is 13.2 Å². The molecule has 1 saturated carbocycles. The van der Waals surface area contributed by atoms with Crippen molar-refractivity contribution in [2.24, 2.45) is 10.9 Å². The van der Waals surface area contributed by atoms with Crippen LogP contribution in [0.4, 0.5) is 13.2 Å². The third kappa shape index (κ3) is 4.81. The molecular formula is C19H22F3N5O2. The molecule has 7 nitrogen and oxygen atoms in total. The van der Waals surface area contributed by atoms with Crippen molar-refractivity contribution in [3.63, 3.8) is 0 Å². The number of ether oxygens (including phenoxy) is 2. The number of hydrogen-bond donors (Lipinski definition) is 0. The number of nitrogens with zero attached hydrogens (tertiary/aromatic N) is 5. The molecule has 0 saturated heterocycles. The van der Waals surface area contributed by atoms with Crippen molar-refractivity contribution in [2.45, 2.75) is 45.1 Å². The Morgan fingerprint density at radius 1 is 1.34 bits per heavy atom. The second-order valence-electron chi connectivity index (χ2n) is 6.83. The lowest BCUT2D eigenvalue weighted by molar-refractivity contribution is -0.201. The Morgan fingerprint density at radius 2 is 2.07 bits per heavy atom. The zero-order valence-corrected chi connectivity index (χ0v) is 16.3. The number of pyridine rings is 1. The van der Waals surface area contributed by atoms with Crippen molar-refractivity contribution in [2.75, 3.05) is 7.11 Å². The molecule has 0 N–H and O–H groups in total. The zero-order valence-electron chi connectivity index (χ0n) is 16.3. The molecule has 156 valence electrons. The van der Waals surface area contributed by atoms with Crippen molar-refractivity contribution >= 4 is 18.6 Å². The second kappa shape index (κ2) is 8.32. The lowest BCUT2D eigenvalue weighted by Crippen LogP contribution is -2.36. The third-order valence-corrected chi connectivity index (χ3v) is 4.68. The Balaban J connectivity index is 1.84. The number of aryl methyl sites for hydroxylation is 1. The number of hydrogen-bond acceptors (Lipinski definition) is 6. The van der Waals surface area contributed by atoms with Gasteiger partial charge in [0, 0.05) is 37.1 Å². The maximum absolute atomic E-state index is 13.1. The van der Waals surface area contributed by atoms with E-state index in [4.69, 9.17) is 9.47 Å². The van der Waals surface area contributed by atoms with E-state index < -0.39 is 18.2 Å². The van der Waals surface area contributed by atoms with Crippen LogP contribution in [0, 0.1) is 12.8 Å². The summed E-state index contributed by atoms with van der Waals surface area (Å²) in [7, 11) is 1.56. The van der Waals surface area contributed by atoms with Crippen LogP contribution < -0.4 is 4.74 Å². The van der Waals surface area contributed by atoms with Gasteiger partial charge >= 0.3 is 6.18 Å². The van der Waals surface area contributed by atoms with E-state index in [1.165, 1.54) is 12.3 Å². The van der Waals surface area contributed by atoms with Crippen LogP contribution >= 0.6 is 0 Å². The monoisotopic (exact) mass is 409 g/mol.